The highest BCUT2D eigenvalue weighted by molar-refractivity contribution is 6.02. The Kier molecular flexibility index (Phi) is 7.53. The number of hydrogen-bond donors (Lipinski definition) is 1. The van der Waals surface area contributed by atoms with Crippen molar-refractivity contribution >= 4 is 23.7 Å². The maximum absolute atomic E-state index is 12.9. The Bertz CT molecular complexity index is 1310. The summed E-state index contributed by atoms with van der Waals surface area (Å²) in [7, 11) is 0. The summed E-state index contributed by atoms with van der Waals surface area (Å²) in [6.45, 7) is 5.50. The molecule has 3 aromatic rings. The Hall–Kier alpha value is -4.33. The fraction of sp³-hybridized carbons (Fsp3) is 0.250. The molecule has 8 nitrogen and oxygen atoms in total. The van der Waals surface area contributed by atoms with Gasteiger partial charge in [-0.3, -0.25) is 9.59 Å². The van der Waals surface area contributed by atoms with Crippen LogP contribution in [0.1, 0.15) is 34.2 Å². The third-order valence-electron chi connectivity index (χ3n) is 5.80. The zero-order chi connectivity index (χ0) is 25.7. The van der Waals surface area contributed by atoms with Crippen molar-refractivity contribution in [1.82, 2.24) is 9.88 Å². The lowest BCUT2D eigenvalue weighted by atomic mass is 10.1. The number of esters is 1. The Labute approximate surface area is 209 Å². The second kappa shape index (κ2) is 10.9. The maximum atomic E-state index is 12.9. The van der Waals surface area contributed by atoms with E-state index in [2.05, 4.69) is 5.32 Å². The van der Waals surface area contributed by atoms with Crippen molar-refractivity contribution in [2.24, 2.45) is 0 Å². The lowest BCUT2D eigenvalue weighted by Crippen LogP contribution is -2.33. The van der Waals surface area contributed by atoms with Crippen LogP contribution in [0, 0.1) is 13.8 Å². The standard InChI is InChI=1S/C28H28N2O6/c1-18-13-23(19(2)30(18)15-22-16-34-26-11-7-8-12-27(26)36-22)25(32)17-35-28(33)24(29-20(3)31)14-21-9-5-4-6-10-21/h4-14,22H,15-17H2,1-3H3,(H,29,31). The number of Topliss-reactive ketones (excluding diaryl/α,β-unsaturated/α-hetero) is 1. The fourth-order valence-corrected chi connectivity index (χ4v) is 4.06. The van der Waals surface area contributed by atoms with Crippen molar-refractivity contribution in [1.29, 1.82) is 0 Å². The predicted molar refractivity (Wildman–Crippen MR) is 134 cm³/mol. The normalized spacial score (nSPS) is 14.8. The van der Waals surface area contributed by atoms with Crippen LogP contribution >= 0.6 is 0 Å². The lowest BCUT2D eigenvalue weighted by Gasteiger charge is -2.27. The second-order valence-electron chi connectivity index (χ2n) is 8.54. The van der Waals surface area contributed by atoms with Gasteiger partial charge in [0.15, 0.2) is 24.2 Å². The number of amides is 1. The van der Waals surface area contributed by atoms with Crippen LogP contribution in [0.2, 0.25) is 0 Å². The first kappa shape index (κ1) is 24.8. The van der Waals surface area contributed by atoms with Gasteiger partial charge < -0.3 is 24.1 Å². The van der Waals surface area contributed by atoms with Gasteiger partial charge in [0.2, 0.25) is 11.7 Å². The number of nitrogens with zero attached hydrogens (tertiary/aromatic N) is 1. The first-order valence-electron chi connectivity index (χ1n) is 11.6. The topological polar surface area (TPSA) is 95.9 Å². The first-order chi connectivity index (χ1) is 17.3. The van der Waals surface area contributed by atoms with Gasteiger partial charge >= 0.3 is 5.97 Å². The minimum Gasteiger partial charge on any atom is -0.486 e. The van der Waals surface area contributed by atoms with Crippen molar-refractivity contribution in [3.63, 3.8) is 0 Å². The minimum absolute atomic E-state index is 0.0401. The maximum Gasteiger partial charge on any atom is 0.355 e. The molecule has 0 radical (unpaired) electrons. The van der Waals surface area contributed by atoms with Gasteiger partial charge in [-0.1, -0.05) is 42.5 Å². The molecule has 2 heterocycles. The first-order valence-corrected chi connectivity index (χ1v) is 11.6. The summed E-state index contributed by atoms with van der Waals surface area (Å²) in [5.74, 6) is -0.135. The van der Waals surface area contributed by atoms with Gasteiger partial charge in [0, 0.05) is 23.9 Å². The van der Waals surface area contributed by atoms with Gasteiger partial charge in [-0.05, 0) is 43.7 Å². The molecule has 0 fully saturated rings. The average molecular weight is 489 g/mol. The number of rotatable bonds is 8. The molecule has 2 aromatic carbocycles. The molecule has 36 heavy (non-hydrogen) atoms. The Morgan fingerprint density at radius 3 is 2.47 bits per heavy atom. The van der Waals surface area contributed by atoms with E-state index in [1.807, 2.05) is 60.9 Å². The molecule has 1 N–H and O–H groups in total. The van der Waals surface area contributed by atoms with E-state index in [9.17, 15) is 14.4 Å². The molecular weight excluding hydrogens is 460 g/mol. The van der Waals surface area contributed by atoms with E-state index in [4.69, 9.17) is 14.2 Å². The quantitative estimate of drug-likeness (QED) is 0.294. The van der Waals surface area contributed by atoms with Crippen LogP contribution in [-0.4, -0.2) is 41.5 Å². The number of para-hydroxylation sites is 2. The number of carbonyl (C=O) groups is 3. The molecule has 186 valence electrons. The van der Waals surface area contributed by atoms with Crippen molar-refractivity contribution in [2.75, 3.05) is 13.2 Å². The van der Waals surface area contributed by atoms with E-state index in [1.165, 1.54) is 13.0 Å². The van der Waals surface area contributed by atoms with Gasteiger partial charge in [-0.2, -0.15) is 0 Å². The Balaban J connectivity index is 1.42. The molecule has 0 spiro atoms. The van der Waals surface area contributed by atoms with Crippen LogP contribution < -0.4 is 14.8 Å². The van der Waals surface area contributed by atoms with Gasteiger partial charge in [0.05, 0.1) is 6.54 Å². The second-order valence-corrected chi connectivity index (χ2v) is 8.54. The number of aromatic nitrogens is 1. The van der Waals surface area contributed by atoms with Crippen LogP contribution in [0.5, 0.6) is 11.5 Å². The number of fused-ring (bicyclic) bond motifs is 1. The summed E-state index contributed by atoms with van der Waals surface area (Å²) in [6.07, 6.45) is 1.29. The molecule has 8 heteroatoms. The highest BCUT2D eigenvalue weighted by Crippen LogP contribution is 2.31. The number of benzene rings is 2. The van der Waals surface area contributed by atoms with E-state index in [1.54, 1.807) is 18.2 Å². The highest BCUT2D eigenvalue weighted by Gasteiger charge is 2.24. The van der Waals surface area contributed by atoms with E-state index in [0.29, 0.717) is 35.8 Å². The van der Waals surface area contributed by atoms with Crippen LogP contribution in [0.3, 0.4) is 0 Å². The van der Waals surface area contributed by atoms with Crippen molar-refractivity contribution < 1.29 is 28.6 Å². The monoisotopic (exact) mass is 488 g/mol. The molecule has 1 amide bonds. The van der Waals surface area contributed by atoms with Gasteiger partial charge in [-0.15, -0.1) is 0 Å². The number of ether oxygens (including phenoxy) is 3. The third kappa shape index (κ3) is 5.83. The SMILES string of the molecule is CC(=O)NC(=Cc1ccccc1)C(=O)OCC(=O)c1cc(C)n(CC2COc3ccccc3O2)c1C. The molecule has 0 saturated heterocycles. The van der Waals surface area contributed by atoms with E-state index in [0.717, 1.165) is 11.4 Å². The number of hydrogen-bond acceptors (Lipinski definition) is 6. The molecular formula is C28H28N2O6. The fourth-order valence-electron chi connectivity index (χ4n) is 4.06. The largest absolute Gasteiger partial charge is 0.486 e. The molecule has 0 bridgehead atoms. The minimum atomic E-state index is -0.789. The van der Waals surface area contributed by atoms with Crippen molar-refractivity contribution in [2.45, 2.75) is 33.4 Å². The molecule has 0 saturated carbocycles. The number of aryl methyl sites for hydroxylation is 1. The van der Waals surface area contributed by atoms with E-state index < -0.39 is 18.5 Å². The van der Waals surface area contributed by atoms with Gasteiger partial charge in [0.1, 0.15) is 12.3 Å². The van der Waals surface area contributed by atoms with Crippen LogP contribution in [0.15, 0.2) is 66.4 Å². The molecule has 1 atom stereocenters. The summed E-state index contributed by atoms with van der Waals surface area (Å²) in [5.41, 5.74) is 2.77. The zero-order valence-corrected chi connectivity index (χ0v) is 20.4. The van der Waals surface area contributed by atoms with Gasteiger partial charge in [-0.25, -0.2) is 4.79 Å². The zero-order valence-electron chi connectivity index (χ0n) is 20.4. The van der Waals surface area contributed by atoms with Crippen LogP contribution in [0.25, 0.3) is 6.08 Å². The molecule has 1 aromatic heterocycles. The highest BCUT2D eigenvalue weighted by atomic mass is 16.6. The van der Waals surface area contributed by atoms with Crippen LogP contribution in [-0.2, 0) is 20.9 Å². The smallest absolute Gasteiger partial charge is 0.355 e. The van der Waals surface area contributed by atoms with Crippen LogP contribution in [0.4, 0.5) is 0 Å². The molecule has 1 aliphatic heterocycles. The predicted octanol–water partition coefficient (Wildman–Crippen LogP) is 3.85. The van der Waals surface area contributed by atoms with Crippen molar-refractivity contribution in [3.8, 4) is 11.5 Å². The number of nitrogens with one attached hydrogen (secondary N) is 1. The molecule has 1 unspecified atom stereocenters. The molecule has 0 aliphatic carbocycles. The third-order valence-corrected chi connectivity index (χ3v) is 5.80. The van der Waals surface area contributed by atoms with Gasteiger partial charge in [0.25, 0.3) is 0 Å². The summed E-state index contributed by atoms with van der Waals surface area (Å²) < 4.78 is 19.1. The summed E-state index contributed by atoms with van der Waals surface area (Å²) >= 11 is 0. The number of carbonyl (C=O) groups excluding carboxylic acids is 3. The van der Waals surface area contributed by atoms with E-state index in [-0.39, 0.29) is 17.6 Å². The Morgan fingerprint density at radius 1 is 1.06 bits per heavy atom. The number of ketones is 1. The lowest BCUT2D eigenvalue weighted by molar-refractivity contribution is -0.139. The molecule has 1 aliphatic rings. The average Bonchev–Trinajstić information content (AvgIpc) is 3.15. The van der Waals surface area contributed by atoms with E-state index >= 15 is 0 Å². The van der Waals surface area contributed by atoms with Crippen molar-refractivity contribution in [3.05, 3.63) is 88.9 Å². The Morgan fingerprint density at radius 2 is 1.75 bits per heavy atom. The molecule has 4 rings (SSSR count). The summed E-state index contributed by atoms with van der Waals surface area (Å²) in [6, 6.07) is 18.3. The summed E-state index contributed by atoms with van der Waals surface area (Å²) in [5, 5.41) is 2.48. The summed E-state index contributed by atoms with van der Waals surface area (Å²) in [4.78, 5) is 37.2.